The molecule has 4 N–H and O–H groups in total. The van der Waals surface area contributed by atoms with Gasteiger partial charge in [0.05, 0.1) is 12.2 Å². The molecule has 1 heterocycles. The molecular weight excluding hydrogens is 308 g/mol. The van der Waals surface area contributed by atoms with Gasteiger partial charge in [-0.1, -0.05) is 30.3 Å². The molecule has 0 bridgehead atoms. The van der Waals surface area contributed by atoms with Crippen LogP contribution < -0.4 is 11.1 Å². The summed E-state index contributed by atoms with van der Waals surface area (Å²) in [7, 11) is 1.79. The molecule has 120 valence electrons. The molecule has 2 rings (SSSR count). The van der Waals surface area contributed by atoms with Gasteiger partial charge in [0.2, 0.25) is 0 Å². The number of anilines is 1. The largest absolute Gasteiger partial charge is 0.395 e. The number of nitrogens with two attached hydrogens (primary N) is 1. The summed E-state index contributed by atoms with van der Waals surface area (Å²) in [4.78, 5) is 5.03. The van der Waals surface area contributed by atoms with E-state index in [0.29, 0.717) is 17.8 Å². The van der Waals surface area contributed by atoms with Crippen LogP contribution >= 0.6 is 11.8 Å². The third kappa shape index (κ3) is 4.70. The first-order valence-corrected chi connectivity index (χ1v) is 8.21. The molecule has 0 spiro atoms. The molecule has 1 aromatic carbocycles. The van der Waals surface area contributed by atoms with E-state index in [0.717, 1.165) is 10.5 Å². The Morgan fingerprint density at radius 3 is 2.74 bits per heavy atom. The average molecular weight is 328 g/mol. The fraction of sp³-hybridized carbons (Fsp3) is 0.294. The average Bonchev–Trinajstić information content (AvgIpc) is 2.61. The third-order valence-electron chi connectivity index (χ3n) is 3.43. The lowest BCUT2D eigenvalue weighted by atomic mass is 10.1. The smallest absolute Gasteiger partial charge is 0.126 e. The predicted octanol–water partition coefficient (Wildman–Crippen LogP) is 2.54. The van der Waals surface area contributed by atoms with Crippen molar-refractivity contribution in [1.29, 1.82) is 5.26 Å². The van der Waals surface area contributed by atoms with Gasteiger partial charge in [0.15, 0.2) is 0 Å². The number of aliphatic hydroxyl groups excluding tert-OH is 1. The molecule has 0 saturated carbocycles. The fourth-order valence-corrected chi connectivity index (χ4v) is 3.53. The van der Waals surface area contributed by atoms with Gasteiger partial charge < -0.3 is 16.2 Å². The summed E-state index contributed by atoms with van der Waals surface area (Å²) in [5.41, 5.74) is 7.59. The number of benzene rings is 1. The zero-order chi connectivity index (χ0) is 16.7. The minimum absolute atomic E-state index is 0.0533. The Bertz CT molecular complexity index is 672. The van der Waals surface area contributed by atoms with Crippen LogP contribution in [0.3, 0.4) is 0 Å². The number of aliphatic hydroxyl groups is 1. The first-order valence-electron chi connectivity index (χ1n) is 7.33. The fourth-order valence-electron chi connectivity index (χ4n) is 2.18. The highest BCUT2D eigenvalue weighted by Crippen LogP contribution is 2.40. The Kier molecular flexibility index (Phi) is 6.41. The molecule has 0 saturated heterocycles. The van der Waals surface area contributed by atoms with Crippen LogP contribution in [0.25, 0.3) is 0 Å². The molecule has 1 aromatic heterocycles. The second-order valence-electron chi connectivity index (χ2n) is 5.12. The first kappa shape index (κ1) is 17.3. The summed E-state index contributed by atoms with van der Waals surface area (Å²) < 4.78 is 0. The minimum Gasteiger partial charge on any atom is -0.395 e. The Balaban J connectivity index is 2.32. The zero-order valence-electron chi connectivity index (χ0n) is 12.9. The van der Waals surface area contributed by atoms with Crippen LogP contribution in [-0.4, -0.2) is 29.8 Å². The summed E-state index contributed by atoms with van der Waals surface area (Å²) in [6, 6.07) is 13.7. The number of thioether (sulfide) groups is 1. The highest BCUT2D eigenvalue weighted by Gasteiger charge is 2.19. The van der Waals surface area contributed by atoms with Crippen molar-refractivity contribution in [2.75, 3.05) is 19.0 Å². The number of nitrogens with zero attached hydrogens (tertiary/aromatic N) is 2. The standard InChI is InChI=1S/C17H20N4OS/c1-20-17-8-16(13(9-18)10-21-17)23-15(7-14(19)11-22)12-5-3-2-4-6-12/h2-6,8,10,14-15,22H,7,11,19H2,1H3,(H,20,21)/t14-,15+/m0/s1. The van der Waals surface area contributed by atoms with Crippen LogP contribution in [0.5, 0.6) is 0 Å². The van der Waals surface area contributed by atoms with Gasteiger partial charge in [-0.05, 0) is 18.1 Å². The minimum atomic E-state index is -0.302. The first-order chi connectivity index (χ1) is 11.2. The summed E-state index contributed by atoms with van der Waals surface area (Å²) in [5.74, 6) is 0.713. The third-order valence-corrected chi connectivity index (χ3v) is 4.78. The van der Waals surface area contributed by atoms with E-state index < -0.39 is 0 Å². The molecule has 2 aromatic rings. The molecule has 23 heavy (non-hydrogen) atoms. The number of nitriles is 1. The monoisotopic (exact) mass is 328 g/mol. The number of aromatic nitrogens is 1. The van der Waals surface area contributed by atoms with Crippen molar-refractivity contribution in [3.63, 3.8) is 0 Å². The Morgan fingerprint density at radius 2 is 2.13 bits per heavy atom. The maximum atomic E-state index is 9.31. The quantitative estimate of drug-likeness (QED) is 0.676. The SMILES string of the molecule is CNc1cc(S[C@H](C[C@H](N)CO)c2ccccc2)c(C#N)cn1. The van der Waals surface area contributed by atoms with Gasteiger partial charge in [-0.3, -0.25) is 0 Å². The highest BCUT2D eigenvalue weighted by atomic mass is 32.2. The number of pyridine rings is 1. The predicted molar refractivity (Wildman–Crippen MR) is 93.2 cm³/mol. The summed E-state index contributed by atoms with van der Waals surface area (Å²) in [6.07, 6.45) is 2.19. The van der Waals surface area contributed by atoms with Crippen LogP contribution in [0.4, 0.5) is 5.82 Å². The lowest BCUT2D eigenvalue weighted by Crippen LogP contribution is -2.26. The normalized spacial score (nSPS) is 13.1. The van der Waals surface area contributed by atoms with Crippen LogP contribution in [0.2, 0.25) is 0 Å². The highest BCUT2D eigenvalue weighted by molar-refractivity contribution is 7.99. The van der Waals surface area contributed by atoms with E-state index in [2.05, 4.69) is 16.4 Å². The van der Waals surface area contributed by atoms with E-state index >= 15 is 0 Å². The molecular formula is C17H20N4OS. The van der Waals surface area contributed by atoms with Gasteiger partial charge in [0.1, 0.15) is 11.9 Å². The van der Waals surface area contributed by atoms with Crippen LogP contribution in [0, 0.1) is 11.3 Å². The molecule has 0 aliphatic carbocycles. The molecule has 6 heteroatoms. The lowest BCUT2D eigenvalue weighted by Gasteiger charge is -2.20. The zero-order valence-corrected chi connectivity index (χ0v) is 13.8. The number of rotatable bonds is 7. The van der Waals surface area contributed by atoms with Gasteiger partial charge in [-0.15, -0.1) is 11.8 Å². The second kappa shape index (κ2) is 8.53. The van der Waals surface area contributed by atoms with Crippen LogP contribution in [0.15, 0.2) is 47.5 Å². The van der Waals surface area contributed by atoms with E-state index in [-0.39, 0.29) is 17.9 Å². The van der Waals surface area contributed by atoms with E-state index in [4.69, 9.17) is 5.73 Å². The van der Waals surface area contributed by atoms with Gasteiger partial charge in [0.25, 0.3) is 0 Å². The van der Waals surface area contributed by atoms with Crippen molar-refractivity contribution in [2.45, 2.75) is 22.6 Å². The molecule has 2 atom stereocenters. The van der Waals surface area contributed by atoms with Crippen molar-refractivity contribution in [3.05, 3.63) is 53.7 Å². The van der Waals surface area contributed by atoms with Crippen LogP contribution in [-0.2, 0) is 0 Å². The molecule has 0 radical (unpaired) electrons. The maximum absolute atomic E-state index is 9.31. The molecule has 0 amide bonds. The number of hydrogen-bond acceptors (Lipinski definition) is 6. The second-order valence-corrected chi connectivity index (χ2v) is 6.37. The number of hydrogen-bond donors (Lipinski definition) is 3. The van der Waals surface area contributed by atoms with Gasteiger partial charge in [0, 0.05) is 29.4 Å². The maximum Gasteiger partial charge on any atom is 0.126 e. The summed E-state index contributed by atoms with van der Waals surface area (Å²) in [5, 5.41) is 21.6. The van der Waals surface area contributed by atoms with Crippen molar-refractivity contribution >= 4 is 17.6 Å². The topological polar surface area (TPSA) is 95.0 Å². The van der Waals surface area contributed by atoms with Crippen LogP contribution in [0.1, 0.15) is 22.8 Å². The Morgan fingerprint density at radius 1 is 1.39 bits per heavy atom. The molecule has 5 nitrogen and oxygen atoms in total. The van der Waals surface area contributed by atoms with Crippen molar-refractivity contribution in [3.8, 4) is 6.07 Å². The molecule has 0 aliphatic rings. The van der Waals surface area contributed by atoms with E-state index in [1.165, 1.54) is 0 Å². The van der Waals surface area contributed by atoms with Crippen molar-refractivity contribution in [2.24, 2.45) is 5.73 Å². The van der Waals surface area contributed by atoms with Crippen molar-refractivity contribution in [1.82, 2.24) is 4.98 Å². The molecule has 0 aliphatic heterocycles. The summed E-state index contributed by atoms with van der Waals surface area (Å²) >= 11 is 1.57. The van der Waals surface area contributed by atoms with Gasteiger partial charge in [-0.2, -0.15) is 5.26 Å². The van der Waals surface area contributed by atoms with E-state index in [1.54, 1.807) is 25.0 Å². The van der Waals surface area contributed by atoms with E-state index in [9.17, 15) is 10.4 Å². The Labute approximate surface area is 140 Å². The van der Waals surface area contributed by atoms with Crippen molar-refractivity contribution < 1.29 is 5.11 Å². The summed E-state index contributed by atoms with van der Waals surface area (Å²) in [6.45, 7) is -0.0624. The Hall–Kier alpha value is -2.07. The molecule has 0 unspecified atom stereocenters. The van der Waals surface area contributed by atoms with E-state index in [1.807, 2.05) is 36.4 Å². The molecule has 0 fully saturated rings. The number of nitrogens with one attached hydrogen (secondary N) is 1. The van der Waals surface area contributed by atoms with Gasteiger partial charge in [-0.25, -0.2) is 4.98 Å². The lowest BCUT2D eigenvalue weighted by molar-refractivity contribution is 0.259. The van der Waals surface area contributed by atoms with Gasteiger partial charge >= 0.3 is 0 Å².